The highest BCUT2D eigenvalue weighted by Gasteiger charge is 2.27. The Balaban J connectivity index is 2.36. The van der Waals surface area contributed by atoms with Gasteiger partial charge < -0.3 is 9.47 Å². The Labute approximate surface area is 60.5 Å². The van der Waals surface area contributed by atoms with Crippen LogP contribution in [0, 0.1) is 17.2 Å². The van der Waals surface area contributed by atoms with Gasteiger partial charge in [-0.15, -0.1) is 0 Å². The first-order chi connectivity index (χ1) is 4.88. The third-order valence-electron chi connectivity index (χ3n) is 1.74. The Bertz CT molecular complexity index is 141. The van der Waals surface area contributed by atoms with Crippen molar-refractivity contribution in [1.82, 2.24) is 0 Å². The number of ether oxygens (including phenoxy) is 2. The van der Waals surface area contributed by atoms with Crippen LogP contribution in [0.1, 0.15) is 12.8 Å². The van der Waals surface area contributed by atoms with Crippen molar-refractivity contribution in [2.75, 3.05) is 13.7 Å². The second-order valence-electron chi connectivity index (χ2n) is 2.39. The first-order valence-electron chi connectivity index (χ1n) is 3.40. The van der Waals surface area contributed by atoms with Crippen LogP contribution in [-0.2, 0) is 9.47 Å². The van der Waals surface area contributed by atoms with Crippen molar-refractivity contribution in [3.63, 3.8) is 0 Å². The third kappa shape index (κ3) is 1.47. The summed E-state index contributed by atoms with van der Waals surface area (Å²) in [5, 5.41) is 8.38. The molecule has 3 heteroatoms. The Kier molecular flexibility index (Phi) is 2.67. The Morgan fingerprint density at radius 3 is 3.20 bits per heavy atom. The minimum atomic E-state index is -0.139. The smallest absolute Gasteiger partial charge is 0.161 e. The van der Waals surface area contributed by atoms with E-state index in [1.54, 1.807) is 7.11 Å². The third-order valence-corrected chi connectivity index (χ3v) is 1.74. The van der Waals surface area contributed by atoms with Crippen LogP contribution in [0.15, 0.2) is 0 Å². The number of nitriles is 1. The molecule has 1 aliphatic rings. The lowest BCUT2D eigenvalue weighted by Crippen LogP contribution is -2.17. The standard InChI is InChI=1S/C7H11NO2/c1-9-7-6(2-4-8)3-5-10-7/h6-7H,2-3,5H2,1H3. The zero-order chi connectivity index (χ0) is 7.40. The molecule has 0 radical (unpaired) electrons. The molecule has 10 heavy (non-hydrogen) atoms. The number of methoxy groups -OCH3 is 1. The van der Waals surface area contributed by atoms with Crippen LogP contribution in [0.2, 0.25) is 0 Å². The van der Waals surface area contributed by atoms with E-state index in [-0.39, 0.29) is 12.2 Å². The summed E-state index contributed by atoms with van der Waals surface area (Å²) in [5.74, 6) is 0.287. The van der Waals surface area contributed by atoms with Crippen molar-refractivity contribution in [1.29, 1.82) is 5.26 Å². The van der Waals surface area contributed by atoms with Gasteiger partial charge in [-0.25, -0.2) is 0 Å². The number of nitrogens with zero attached hydrogens (tertiary/aromatic N) is 1. The molecule has 1 aliphatic heterocycles. The minimum absolute atomic E-state index is 0.139. The van der Waals surface area contributed by atoms with E-state index < -0.39 is 0 Å². The summed E-state index contributed by atoms with van der Waals surface area (Å²) in [6, 6.07) is 2.11. The van der Waals surface area contributed by atoms with Gasteiger partial charge in [-0.2, -0.15) is 5.26 Å². The van der Waals surface area contributed by atoms with Crippen LogP contribution < -0.4 is 0 Å². The van der Waals surface area contributed by atoms with E-state index in [0.717, 1.165) is 13.0 Å². The van der Waals surface area contributed by atoms with Gasteiger partial charge in [0, 0.05) is 19.4 Å². The molecule has 2 atom stereocenters. The SMILES string of the molecule is COC1OCCC1CC#N. The molecule has 0 bridgehead atoms. The monoisotopic (exact) mass is 141 g/mol. The van der Waals surface area contributed by atoms with Gasteiger partial charge in [-0.05, 0) is 6.42 Å². The van der Waals surface area contributed by atoms with Crippen LogP contribution >= 0.6 is 0 Å². The summed E-state index contributed by atoms with van der Waals surface area (Å²) in [5.41, 5.74) is 0. The summed E-state index contributed by atoms with van der Waals surface area (Å²) >= 11 is 0. The van der Waals surface area contributed by atoms with E-state index in [2.05, 4.69) is 6.07 Å². The summed E-state index contributed by atoms with van der Waals surface area (Å²) < 4.78 is 10.2. The molecule has 1 rings (SSSR count). The Morgan fingerprint density at radius 1 is 1.80 bits per heavy atom. The quantitative estimate of drug-likeness (QED) is 0.574. The number of hydrogen-bond donors (Lipinski definition) is 0. The van der Waals surface area contributed by atoms with E-state index >= 15 is 0 Å². The van der Waals surface area contributed by atoms with Gasteiger partial charge in [0.25, 0.3) is 0 Å². The number of rotatable bonds is 2. The molecule has 0 aromatic rings. The molecule has 0 aliphatic carbocycles. The highest BCUT2D eigenvalue weighted by Crippen LogP contribution is 2.23. The molecule has 0 N–H and O–H groups in total. The second-order valence-corrected chi connectivity index (χ2v) is 2.39. The topological polar surface area (TPSA) is 42.2 Å². The van der Waals surface area contributed by atoms with Gasteiger partial charge in [0.2, 0.25) is 0 Å². The lowest BCUT2D eigenvalue weighted by Gasteiger charge is -2.12. The molecule has 3 nitrogen and oxygen atoms in total. The molecular formula is C7H11NO2. The van der Waals surface area contributed by atoms with E-state index in [1.165, 1.54) is 0 Å². The van der Waals surface area contributed by atoms with Crippen molar-refractivity contribution in [2.24, 2.45) is 5.92 Å². The fraction of sp³-hybridized carbons (Fsp3) is 0.857. The summed E-state index contributed by atoms with van der Waals surface area (Å²) in [6.07, 6.45) is 1.35. The van der Waals surface area contributed by atoms with Gasteiger partial charge >= 0.3 is 0 Å². The van der Waals surface area contributed by atoms with E-state index in [1.807, 2.05) is 0 Å². The molecule has 0 amide bonds. The maximum absolute atomic E-state index is 8.38. The molecule has 1 saturated heterocycles. The zero-order valence-corrected chi connectivity index (χ0v) is 6.04. The van der Waals surface area contributed by atoms with Crippen molar-refractivity contribution in [3.8, 4) is 6.07 Å². The predicted octanol–water partition coefficient (Wildman–Crippen LogP) is 0.909. The lowest BCUT2D eigenvalue weighted by molar-refractivity contribution is -0.109. The van der Waals surface area contributed by atoms with Crippen LogP contribution in [0.4, 0.5) is 0 Å². The van der Waals surface area contributed by atoms with E-state index in [4.69, 9.17) is 14.7 Å². The summed E-state index contributed by atoms with van der Waals surface area (Å²) in [7, 11) is 1.61. The second kappa shape index (κ2) is 3.55. The lowest BCUT2D eigenvalue weighted by atomic mass is 10.1. The summed E-state index contributed by atoms with van der Waals surface area (Å²) in [6.45, 7) is 0.727. The van der Waals surface area contributed by atoms with Crippen molar-refractivity contribution in [3.05, 3.63) is 0 Å². The normalized spacial score (nSPS) is 32.0. The molecule has 56 valence electrons. The van der Waals surface area contributed by atoms with Crippen molar-refractivity contribution >= 4 is 0 Å². The highest BCUT2D eigenvalue weighted by atomic mass is 16.7. The molecule has 2 unspecified atom stereocenters. The fourth-order valence-electron chi connectivity index (χ4n) is 1.18. The fourth-order valence-corrected chi connectivity index (χ4v) is 1.18. The van der Waals surface area contributed by atoms with Crippen LogP contribution in [-0.4, -0.2) is 20.0 Å². The maximum atomic E-state index is 8.38. The Hall–Kier alpha value is -0.590. The van der Waals surface area contributed by atoms with Crippen LogP contribution in [0.3, 0.4) is 0 Å². The Morgan fingerprint density at radius 2 is 2.60 bits per heavy atom. The largest absolute Gasteiger partial charge is 0.356 e. The van der Waals surface area contributed by atoms with Crippen LogP contribution in [0.5, 0.6) is 0 Å². The molecule has 1 fully saturated rings. The summed E-state index contributed by atoms with van der Waals surface area (Å²) in [4.78, 5) is 0. The molecule has 0 spiro atoms. The van der Waals surface area contributed by atoms with E-state index in [0.29, 0.717) is 6.42 Å². The molecule has 0 aromatic carbocycles. The first-order valence-corrected chi connectivity index (χ1v) is 3.40. The van der Waals surface area contributed by atoms with E-state index in [9.17, 15) is 0 Å². The van der Waals surface area contributed by atoms with Gasteiger partial charge in [-0.3, -0.25) is 0 Å². The van der Waals surface area contributed by atoms with Gasteiger partial charge in [0.05, 0.1) is 12.7 Å². The average Bonchev–Trinajstić information content (AvgIpc) is 2.36. The highest BCUT2D eigenvalue weighted by molar-refractivity contribution is 4.80. The first kappa shape index (κ1) is 7.52. The minimum Gasteiger partial charge on any atom is -0.356 e. The van der Waals surface area contributed by atoms with Crippen LogP contribution in [0.25, 0.3) is 0 Å². The maximum Gasteiger partial charge on any atom is 0.161 e. The van der Waals surface area contributed by atoms with Gasteiger partial charge in [-0.1, -0.05) is 0 Å². The average molecular weight is 141 g/mol. The molecular weight excluding hydrogens is 130 g/mol. The number of hydrogen-bond acceptors (Lipinski definition) is 3. The predicted molar refractivity (Wildman–Crippen MR) is 35.1 cm³/mol. The molecule has 0 saturated carbocycles. The van der Waals surface area contributed by atoms with Crippen molar-refractivity contribution < 1.29 is 9.47 Å². The zero-order valence-electron chi connectivity index (χ0n) is 6.04. The van der Waals surface area contributed by atoms with Crippen molar-refractivity contribution in [2.45, 2.75) is 19.1 Å². The van der Waals surface area contributed by atoms with Gasteiger partial charge in [0.1, 0.15) is 0 Å². The molecule has 0 aromatic heterocycles. The van der Waals surface area contributed by atoms with Gasteiger partial charge in [0.15, 0.2) is 6.29 Å². The molecule has 1 heterocycles.